The van der Waals surface area contributed by atoms with E-state index in [-0.39, 0.29) is 5.91 Å². The number of nitrogens with one attached hydrogen (secondary N) is 1. The van der Waals surface area contributed by atoms with Crippen molar-refractivity contribution in [2.24, 2.45) is 0 Å². The van der Waals surface area contributed by atoms with Gasteiger partial charge in [-0.2, -0.15) is 0 Å². The zero-order valence-electron chi connectivity index (χ0n) is 10.6. The fraction of sp³-hybridized carbons (Fsp3) is 0.462. The van der Waals surface area contributed by atoms with Gasteiger partial charge in [0.05, 0.1) is 5.56 Å². The summed E-state index contributed by atoms with van der Waals surface area (Å²) in [5.41, 5.74) is 0.628. The maximum Gasteiger partial charge on any atom is 0.252 e. The molecule has 4 heteroatoms. The molecule has 0 unspecified atom stereocenters. The monoisotopic (exact) mass is 252 g/mol. The number of nitrogens with zero attached hydrogens (tertiary/aromatic N) is 1. The number of carbonyl (C=O) groups excluding carboxylic acids is 1. The Balaban J connectivity index is 2.43. The molecule has 0 saturated heterocycles. The van der Waals surface area contributed by atoms with Crippen molar-refractivity contribution in [1.29, 1.82) is 0 Å². The summed E-state index contributed by atoms with van der Waals surface area (Å²) >= 11 is 4.26. The third kappa shape index (κ3) is 4.40. The van der Waals surface area contributed by atoms with Gasteiger partial charge in [0.15, 0.2) is 0 Å². The van der Waals surface area contributed by atoms with Gasteiger partial charge >= 0.3 is 0 Å². The summed E-state index contributed by atoms with van der Waals surface area (Å²) in [7, 11) is 2.05. The van der Waals surface area contributed by atoms with E-state index in [0.717, 1.165) is 6.54 Å². The van der Waals surface area contributed by atoms with Gasteiger partial charge in [-0.3, -0.25) is 4.79 Å². The molecule has 0 radical (unpaired) electrons. The van der Waals surface area contributed by atoms with E-state index in [1.54, 1.807) is 6.07 Å². The van der Waals surface area contributed by atoms with Gasteiger partial charge in [0.2, 0.25) is 0 Å². The molecule has 3 nitrogen and oxygen atoms in total. The molecule has 1 rings (SSSR count). The van der Waals surface area contributed by atoms with Crippen molar-refractivity contribution in [3.63, 3.8) is 0 Å². The fourth-order valence-corrected chi connectivity index (χ4v) is 1.63. The van der Waals surface area contributed by atoms with Crippen LogP contribution in [0.2, 0.25) is 0 Å². The SMILES string of the molecule is CC(C)N(C)CCNC(=O)c1ccccc1S. The largest absolute Gasteiger partial charge is 0.351 e. The number of hydrogen-bond donors (Lipinski definition) is 2. The van der Waals surface area contributed by atoms with Gasteiger partial charge in [-0.05, 0) is 33.0 Å². The van der Waals surface area contributed by atoms with Crippen molar-refractivity contribution in [1.82, 2.24) is 10.2 Å². The molecule has 1 aromatic carbocycles. The van der Waals surface area contributed by atoms with Gasteiger partial charge in [-0.1, -0.05) is 12.1 Å². The maximum atomic E-state index is 11.8. The molecular weight excluding hydrogens is 232 g/mol. The van der Waals surface area contributed by atoms with Crippen LogP contribution in [-0.2, 0) is 0 Å². The Kier molecular flexibility index (Phi) is 5.51. The summed E-state index contributed by atoms with van der Waals surface area (Å²) in [6.07, 6.45) is 0. The second kappa shape index (κ2) is 6.67. The van der Waals surface area contributed by atoms with Crippen molar-refractivity contribution in [3.05, 3.63) is 29.8 Å². The molecule has 1 N–H and O–H groups in total. The lowest BCUT2D eigenvalue weighted by molar-refractivity contribution is 0.0945. The molecule has 0 aliphatic rings. The summed E-state index contributed by atoms with van der Waals surface area (Å²) < 4.78 is 0. The Morgan fingerprint density at radius 2 is 2.06 bits per heavy atom. The molecule has 0 aliphatic carbocycles. The predicted molar refractivity (Wildman–Crippen MR) is 73.8 cm³/mol. The number of rotatable bonds is 5. The van der Waals surface area contributed by atoms with E-state index in [1.807, 2.05) is 25.2 Å². The minimum atomic E-state index is -0.0623. The molecule has 0 heterocycles. The Bertz CT molecular complexity index is 379. The summed E-state index contributed by atoms with van der Waals surface area (Å²) in [6.45, 7) is 5.75. The highest BCUT2D eigenvalue weighted by Gasteiger charge is 2.08. The van der Waals surface area contributed by atoms with Gasteiger partial charge < -0.3 is 10.2 Å². The fourth-order valence-electron chi connectivity index (χ4n) is 1.36. The molecule has 94 valence electrons. The molecular formula is C13H20N2OS. The first kappa shape index (κ1) is 14.1. The second-order valence-electron chi connectivity index (χ2n) is 4.35. The molecule has 0 aromatic heterocycles. The first-order chi connectivity index (χ1) is 8.02. The average molecular weight is 252 g/mol. The van der Waals surface area contributed by atoms with Crippen LogP contribution in [0.4, 0.5) is 0 Å². The third-order valence-electron chi connectivity index (χ3n) is 2.78. The van der Waals surface area contributed by atoms with E-state index in [9.17, 15) is 4.79 Å². The van der Waals surface area contributed by atoms with Crippen molar-refractivity contribution in [2.75, 3.05) is 20.1 Å². The zero-order valence-corrected chi connectivity index (χ0v) is 11.5. The molecule has 0 spiro atoms. The van der Waals surface area contributed by atoms with Crippen LogP contribution in [0.25, 0.3) is 0 Å². The van der Waals surface area contributed by atoms with Crippen LogP contribution >= 0.6 is 12.6 Å². The number of carbonyl (C=O) groups is 1. The zero-order chi connectivity index (χ0) is 12.8. The maximum absolute atomic E-state index is 11.8. The molecule has 0 atom stereocenters. The first-order valence-corrected chi connectivity index (χ1v) is 6.23. The summed E-state index contributed by atoms with van der Waals surface area (Å²) in [6, 6.07) is 7.80. The van der Waals surface area contributed by atoms with Crippen molar-refractivity contribution in [3.8, 4) is 0 Å². The lowest BCUT2D eigenvalue weighted by Gasteiger charge is -2.20. The van der Waals surface area contributed by atoms with Crippen LogP contribution in [0.5, 0.6) is 0 Å². The quantitative estimate of drug-likeness (QED) is 0.786. The van der Waals surface area contributed by atoms with Crippen LogP contribution in [0.3, 0.4) is 0 Å². The number of benzene rings is 1. The van der Waals surface area contributed by atoms with Crippen LogP contribution in [-0.4, -0.2) is 37.0 Å². The summed E-state index contributed by atoms with van der Waals surface area (Å²) in [5.74, 6) is -0.0623. The van der Waals surface area contributed by atoms with Crippen LogP contribution in [0.15, 0.2) is 29.2 Å². The van der Waals surface area contributed by atoms with Crippen molar-refractivity contribution >= 4 is 18.5 Å². The predicted octanol–water partition coefficient (Wildman–Crippen LogP) is 2.05. The molecule has 0 bridgehead atoms. The van der Waals surface area contributed by atoms with Gasteiger partial charge in [0.25, 0.3) is 5.91 Å². The normalized spacial score (nSPS) is 10.9. The third-order valence-corrected chi connectivity index (χ3v) is 3.17. The summed E-state index contributed by atoms with van der Waals surface area (Å²) in [4.78, 5) is 14.7. The van der Waals surface area contributed by atoms with Crippen molar-refractivity contribution < 1.29 is 4.79 Å². The van der Waals surface area contributed by atoms with Crippen LogP contribution < -0.4 is 5.32 Å². The average Bonchev–Trinajstić information content (AvgIpc) is 2.29. The smallest absolute Gasteiger partial charge is 0.252 e. The summed E-state index contributed by atoms with van der Waals surface area (Å²) in [5, 5.41) is 2.90. The Hall–Kier alpha value is -1.00. The Morgan fingerprint density at radius 1 is 1.41 bits per heavy atom. The molecule has 17 heavy (non-hydrogen) atoms. The van der Waals surface area contributed by atoms with Gasteiger partial charge in [-0.25, -0.2) is 0 Å². The molecule has 0 saturated carbocycles. The minimum Gasteiger partial charge on any atom is -0.351 e. The van der Waals surface area contributed by atoms with E-state index in [1.165, 1.54) is 0 Å². The number of hydrogen-bond acceptors (Lipinski definition) is 3. The van der Waals surface area contributed by atoms with Crippen molar-refractivity contribution in [2.45, 2.75) is 24.8 Å². The number of amides is 1. The van der Waals surface area contributed by atoms with Gasteiger partial charge in [-0.15, -0.1) is 12.6 Å². The minimum absolute atomic E-state index is 0.0623. The number of likely N-dealkylation sites (N-methyl/N-ethyl adjacent to an activating group) is 1. The highest BCUT2D eigenvalue weighted by molar-refractivity contribution is 7.80. The van der Waals surface area contributed by atoms with E-state index in [4.69, 9.17) is 0 Å². The molecule has 0 fully saturated rings. The highest BCUT2D eigenvalue weighted by Crippen LogP contribution is 2.12. The topological polar surface area (TPSA) is 32.3 Å². The van der Waals surface area contributed by atoms with Crippen LogP contribution in [0, 0.1) is 0 Å². The lowest BCUT2D eigenvalue weighted by Crippen LogP contribution is -2.36. The Labute approximate surface area is 109 Å². The highest BCUT2D eigenvalue weighted by atomic mass is 32.1. The first-order valence-electron chi connectivity index (χ1n) is 5.78. The van der Waals surface area contributed by atoms with E-state index in [0.29, 0.717) is 23.0 Å². The Morgan fingerprint density at radius 3 is 2.65 bits per heavy atom. The second-order valence-corrected chi connectivity index (χ2v) is 4.83. The standard InChI is InChI=1S/C13H20N2OS/c1-10(2)15(3)9-8-14-13(16)11-6-4-5-7-12(11)17/h4-7,10,17H,8-9H2,1-3H3,(H,14,16). The van der Waals surface area contributed by atoms with E-state index in [2.05, 4.69) is 36.7 Å². The lowest BCUT2D eigenvalue weighted by atomic mass is 10.2. The van der Waals surface area contributed by atoms with Crippen LogP contribution in [0.1, 0.15) is 24.2 Å². The molecule has 1 aromatic rings. The van der Waals surface area contributed by atoms with E-state index < -0.39 is 0 Å². The molecule has 1 amide bonds. The number of thiol groups is 1. The van der Waals surface area contributed by atoms with Gasteiger partial charge in [0, 0.05) is 24.0 Å². The molecule has 0 aliphatic heterocycles. The van der Waals surface area contributed by atoms with E-state index >= 15 is 0 Å². The van der Waals surface area contributed by atoms with Gasteiger partial charge in [0.1, 0.15) is 0 Å².